The van der Waals surface area contributed by atoms with Gasteiger partial charge >= 0.3 is 0 Å². The Labute approximate surface area is 161 Å². The molecule has 0 aromatic heterocycles. The number of carbonyl (C=O) groups excluding carboxylic acids is 1. The second-order valence-corrected chi connectivity index (χ2v) is 6.59. The number of nitrogens with one attached hydrogen (secondary N) is 1. The highest BCUT2D eigenvalue weighted by Gasteiger charge is 2.26. The number of benzene rings is 1. The Hall–Kier alpha value is -0.560. The predicted molar refractivity (Wildman–Crippen MR) is 102 cm³/mol. The second kappa shape index (κ2) is 10.4. The first-order valence-corrected chi connectivity index (χ1v) is 7.90. The molecule has 1 fully saturated rings. The van der Waals surface area contributed by atoms with Crippen molar-refractivity contribution in [3.05, 3.63) is 34.9 Å². The normalized spacial score (nSPS) is 16.5. The molecule has 1 saturated heterocycles. The molecule has 1 heterocycles. The van der Waals surface area contributed by atoms with Crippen LogP contribution >= 0.6 is 36.4 Å². The topological polar surface area (TPSA) is 67.6 Å². The molecular formula is C16H26Cl3N3O2. The molecule has 1 unspecified atom stereocenters. The highest BCUT2D eigenvalue weighted by molar-refractivity contribution is 6.30. The lowest BCUT2D eigenvalue weighted by Crippen LogP contribution is -2.51. The maximum absolute atomic E-state index is 12.0. The van der Waals surface area contributed by atoms with Gasteiger partial charge in [-0.3, -0.25) is 9.69 Å². The number of halogens is 3. The minimum absolute atomic E-state index is 0. The third-order valence-corrected chi connectivity index (χ3v) is 4.00. The van der Waals surface area contributed by atoms with Gasteiger partial charge < -0.3 is 15.8 Å². The fourth-order valence-electron chi connectivity index (χ4n) is 2.48. The van der Waals surface area contributed by atoms with Crippen LogP contribution in [0.5, 0.6) is 0 Å². The molecule has 24 heavy (non-hydrogen) atoms. The summed E-state index contributed by atoms with van der Waals surface area (Å²) < 4.78 is 5.41. The molecule has 1 aliphatic rings. The summed E-state index contributed by atoms with van der Waals surface area (Å²) >= 11 is 6.11. The third kappa shape index (κ3) is 6.75. The fourth-order valence-corrected chi connectivity index (χ4v) is 2.68. The zero-order valence-corrected chi connectivity index (χ0v) is 16.3. The van der Waals surface area contributed by atoms with Crippen molar-refractivity contribution in [2.75, 3.05) is 32.8 Å². The number of morpholine rings is 1. The van der Waals surface area contributed by atoms with Gasteiger partial charge in [0.2, 0.25) is 5.91 Å². The molecule has 0 radical (unpaired) electrons. The molecule has 1 aliphatic heterocycles. The summed E-state index contributed by atoms with van der Waals surface area (Å²) in [6, 6.07) is 7.82. The van der Waals surface area contributed by atoms with E-state index in [9.17, 15) is 4.79 Å². The van der Waals surface area contributed by atoms with E-state index < -0.39 is 5.54 Å². The maximum Gasteiger partial charge on any atom is 0.239 e. The van der Waals surface area contributed by atoms with Crippen molar-refractivity contribution in [3.63, 3.8) is 0 Å². The molecule has 1 aromatic carbocycles. The molecule has 1 atom stereocenters. The number of nitrogens with zero attached hydrogens (tertiary/aromatic N) is 1. The molecule has 5 nitrogen and oxygen atoms in total. The SMILES string of the molecule is CC(C)(N)C(=O)NCC(c1cccc(Cl)c1)N1CCOCC1.Cl.Cl. The Morgan fingerprint density at radius 3 is 2.54 bits per heavy atom. The van der Waals surface area contributed by atoms with E-state index in [1.54, 1.807) is 13.8 Å². The molecule has 0 bridgehead atoms. The number of amides is 1. The van der Waals surface area contributed by atoms with Crippen LogP contribution in [0.3, 0.4) is 0 Å². The minimum atomic E-state index is -0.885. The van der Waals surface area contributed by atoms with E-state index in [1.807, 2.05) is 24.3 Å². The first kappa shape index (κ1) is 23.4. The zero-order valence-electron chi connectivity index (χ0n) is 14.0. The quantitative estimate of drug-likeness (QED) is 0.799. The Morgan fingerprint density at radius 2 is 2.00 bits per heavy atom. The van der Waals surface area contributed by atoms with Gasteiger partial charge in [-0.25, -0.2) is 0 Å². The van der Waals surface area contributed by atoms with E-state index in [0.29, 0.717) is 24.8 Å². The van der Waals surface area contributed by atoms with Crippen molar-refractivity contribution in [3.8, 4) is 0 Å². The largest absolute Gasteiger partial charge is 0.379 e. The molecule has 3 N–H and O–H groups in total. The van der Waals surface area contributed by atoms with Crippen LogP contribution in [0, 0.1) is 0 Å². The third-order valence-electron chi connectivity index (χ3n) is 3.76. The molecule has 1 amide bonds. The second-order valence-electron chi connectivity index (χ2n) is 6.15. The molecule has 0 aliphatic carbocycles. The summed E-state index contributed by atoms with van der Waals surface area (Å²) in [6.45, 7) is 6.97. The smallest absolute Gasteiger partial charge is 0.239 e. The Bertz CT molecular complexity index is 518. The number of hydrogen-bond donors (Lipinski definition) is 2. The lowest BCUT2D eigenvalue weighted by molar-refractivity contribution is -0.125. The van der Waals surface area contributed by atoms with E-state index in [4.69, 9.17) is 22.1 Å². The van der Waals surface area contributed by atoms with Gasteiger partial charge in [0, 0.05) is 24.7 Å². The molecule has 138 valence electrons. The molecule has 2 rings (SSSR count). The number of hydrogen-bond acceptors (Lipinski definition) is 4. The van der Waals surface area contributed by atoms with Gasteiger partial charge in [0.05, 0.1) is 24.8 Å². The fraction of sp³-hybridized carbons (Fsp3) is 0.562. The minimum Gasteiger partial charge on any atom is -0.379 e. The van der Waals surface area contributed by atoms with E-state index in [0.717, 1.165) is 18.7 Å². The van der Waals surface area contributed by atoms with Crippen molar-refractivity contribution in [1.82, 2.24) is 10.2 Å². The summed E-state index contributed by atoms with van der Waals surface area (Å²) in [6.07, 6.45) is 0. The van der Waals surface area contributed by atoms with Gasteiger partial charge in [0.25, 0.3) is 0 Å². The van der Waals surface area contributed by atoms with Crippen LogP contribution < -0.4 is 11.1 Å². The Kier molecular flexibility index (Phi) is 10.2. The summed E-state index contributed by atoms with van der Waals surface area (Å²) in [4.78, 5) is 14.3. The molecule has 0 spiro atoms. The zero-order chi connectivity index (χ0) is 16.2. The van der Waals surface area contributed by atoms with Crippen molar-refractivity contribution in [2.24, 2.45) is 5.73 Å². The van der Waals surface area contributed by atoms with Gasteiger partial charge in [0.15, 0.2) is 0 Å². The Morgan fingerprint density at radius 1 is 1.38 bits per heavy atom. The molecular weight excluding hydrogens is 373 g/mol. The van der Waals surface area contributed by atoms with Crippen LogP contribution in [-0.4, -0.2) is 49.2 Å². The number of carbonyl (C=O) groups is 1. The molecule has 1 aromatic rings. The van der Waals surface area contributed by atoms with Crippen molar-refractivity contribution in [1.29, 1.82) is 0 Å². The summed E-state index contributed by atoms with van der Waals surface area (Å²) in [5.74, 6) is -0.159. The van der Waals surface area contributed by atoms with Crippen molar-refractivity contribution in [2.45, 2.75) is 25.4 Å². The van der Waals surface area contributed by atoms with E-state index in [2.05, 4.69) is 10.2 Å². The average Bonchev–Trinajstić information content (AvgIpc) is 2.47. The standard InChI is InChI=1S/C16H24ClN3O2.2ClH/c1-16(2,18)15(21)19-11-14(20-6-8-22-9-7-20)12-4-3-5-13(17)10-12;;/h3-5,10,14H,6-9,11,18H2,1-2H3,(H,19,21);2*1H. The van der Waals surface area contributed by atoms with Gasteiger partial charge in [-0.2, -0.15) is 0 Å². The molecule has 0 saturated carbocycles. The lowest BCUT2D eigenvalue weighted by Gasteiger charge is -2.35. The first-order chi connectivity index (χ1) is 10.4. The van der Waals surface area contributed by atoms with Crippen LogP contribution in [0.25, 0.3) is 0 Å². The number of nitrogens with two attached hydrogens (primary N) is 1. The van der Waals surface area contributed by atoms with Crippen molar-refractivity contribution >= 4 is 42.3 Å². The lowest BCUT2D eigenvalue weighted by atomic mass is 10.0. The van der Waals surface area contributed by atoms with Crippen LogP contribution in [0.15, 0.2) is 24.3 Å². The summed E-state index contributed by atoms with van der Waals surface area (Å²) in [5, 5.41) is 3.64. The number of rotatable bonds is 5. The molecule has 8 heteroatoms. The monoisotopic (exact) mass is 397 g/mol. The Balaban J connectivity index is 0.00000264. The summed E-state index contributed by atoms with van der Waals surface area (Å²) in [5.41, 5.74) is 6.04. The van der Waals surface area contributed by atoms with Gasteiger partial charge in [-0.05, 0) is 31.5 Å². The van der Waals surface area contributed by atoms with Gasteiger partial charge in [0.1, 0.15) is 0 Å². The van der Waals surface area contributed by atoms with Gasteiger partial charge in [-0.15, -0.1) is 24.8 Å². The van der Waals surface area contributed by atoms with Crippen LogP contribution in [0.1, 0.15) is 25.5 Å². The first-order valence-electron chi connectivity index (χ1n) is 7.52. The van der Waals surface area contributed by atoms with Crippen LogP contribution in [0.4, 0.5) is 0 Å². The van der Waals surface area contributed by atoms with Crippen molar-refractivity contribution < 1.29 is 9.53 Å². The van der Waals surface area contributed by atoms with E-state index in [1.165, 1.54) is 0 Å². The average molecular weight is 399 g/mol. The highest BCUT2D eigenvalue weighted by Crippen LogP contribution is 2.24. The van der Waals surface area contributed by atoms with Gasteiger partial charge in [-0.1, -0.05) is 23.7 Å². The maximum atomic E-state index is 12.0. The number of ether oxygens (including phenoxy) is 1. The summed E-state index contributed by atoms with van der Waals surface area (Å²) in [7, 11) is 0. The predicted octanol–water partition coefficient (Wildman–Crippen LogP) is 2.41. The van der Waals surface area contributed by atoms with E-state index >= 15 is 0 Å². The van der Waals surface area contributed by atoms with Crippen LogP contribution in [0.2, 0.25) is 5.02 Å². The highest BCUT2D eigenvalue weighted by atomic mass is 35.5. The van der Waals surface area contributed by atoms with Crippen LogP contribution in [-0.2, 0) is 9.53 Å². The van der Waals surface area contributed by atoms with E-state index in [-0.39, 0.29) is 36.8 Å².